The van der Waals surface area contributed by atoms with Gasteiger partial charge in [0.2, 0.25) is 0 Å². The highest BCUT2D eigenvalue weighted by atomic mass is 19.1. The van der Waals surface area contributed by atoms with E-state index in [1.165, 1.54) is 6.20 Å². The van der Waals surface area contributed by atoms with E-state index in [2.05, 4.69) is 18.8 Å². The zero-order chi connectivity index (χ0) is 11.0. The summed E-state index contributed by atoms with van der Waals surface area (Å²) in [5, 5.41) is 1.58. The van der Waals surface area contributed by atoms with Crippen molar-refractivity contribution in [3.05, 3.63) is 41.5 Å². The minimum Gasteiger partial charge on any atom is -0.258 e. The normalized spacial score (nSPS) is 11.3. The second kappa shape index (κ2) is 3.61. The van der Waals surface area contributed by atoms with Crippen LogP contribution in [0, 0.1) is 12.7 Å². The number of rotatable bonds is 1. The van der Waals surface area contributed by atoms with Crippen LogP contribution in [0.3, 0.4) is 0 Å². The van der Waals surface area contributed by atoms with Gasteiger partial charge in [-0.1, -0.05) is 26.0 Å². The fraction of sp³-hybridized carbons (Fsp3) is 0.308. The maximum absolute atomic E-state index is 13.5. The monoisotopic (exact) mass is 203 g/mol. The molecule has 1 nitrogen and oxygen atoms in total. The number of hydrogen-bond acceptors (Lipinski definition) is 1. The number of pyridine rings is 1. The smallest absolute Gasteiger partial charge is 0.149 e. The number of aromatic nitrogens is 1. The predicted octanol–water partition coefficient (Wildman–Crippen LogP) is 3.81. The Bertz CT molecular complexity index is 503. The lowest BCUT2D eigenvalue weighted by atomic mass is 9.99. The van der Waals surface area contributed by atoms with Crippen LogP contribution in [-0.2, 0) is 0 Å². The Labute approximate surface area is 89.0 Å². The second-order valence-electron chi connectivity index (χ2n) is 4.15. The number of nitrogens with zero attached hydrogens (tertiary/aromatic N) is 1. The fourth-order valence-electron chi connectivity index (χ4n) is 1.73. The fourth-order valence-corrected chi connectivity index (χ4v) is 1.73. The van der Waals surface area contributed by atoms with E-state index in [-0.39, 0.29) is 5.82 Å². The Morgan fingerprint density at radius 1 is 1.20 bits per heavy atom. The molecule has 0 fully saturated rings. The molecule has 1 aromatic heterocycles. The van der Waals surface area contributed by atoms with E-state index in [4.69, 9.17) is 0 Å². The largest absolute Gasteiger partial charge is 0.258 e. The zero-order valence-electron chi connectivity index (χ0n) is 9.21. The maximum atomic E-state index is 13.5. The van der Waals surface area contributed by atoms with Crippen molar-refractivity contribution in [2.24, 2.45) is 0 Å². The van der Waals surface area contributed by atoms with E-state index in [0.29, 0.717) is 11.3 Å². The van der Waals surface area contributed by atoms with Crippen LogP contribution >= 0.6 is 0 Å². The molecule has 2 rings (SSSR count). The lowest BCUT2D eigenvalue weighted by molar-refractivity contribution is 0.633. The minimum absolute atomic E-state index is 0.238. The van der Waals surface area contributed by atoms with Gasteiger partial charge in [0.05, 0.1) is 6.20 Å². The first-order valence-corrected chi connectivity index (χ1v) is 5.14. The highest BCUT2D eigenvalue weighted by Crippen LogP contribution is 2.24. The third kappa shape index (κ3) is 1.72. The van der Waals surface area contributed by atoms with Crippen molar-refractivity contribution in [2.45, 2.75) is 26.7 Å². The lowest BCUT2D eigenvalue weighted by Crippen LogP contribution is -1.92. The van der Waals surface area contributed by atoms with Crippen molar-refractivity contribution in [3.63, 3.8) is 0 Å². The van der Waals surface area contributed by atoms with Crippen LogP contribution in [0.5, 0.6) is 0 Å². The Kier molecular flexibility index (Phi) is 2.43. The molecule has 0 spiro atoms. The summed E-state index contributed by atoms with van der Waals surface area (Å²) < 4.78 is 13.5. The molecule has 0 amide bonds. The van der Waals surface area contributed by atoms with Crippen molar-refractivity contribution >= 4 is 10.8 Å². The Morgan fingerprint density at radius 2 is 1.93 bits per heavy atom. The summed E-state index contributed by atoms with van der Waals surface area (Å²) in [5.74, 6) is 0.181. The number of benzene rings is 1. The Hall–Kier alpha value is -1.44. The molecule has 0 saturated carbocycles. The Balaban J connectivity index is 2.76. The van der Waals surface area contributed by atoms with Crippen molar-refractivity contribution in [3.8, 4) is 0 Å². The van der Waals surface area contributed by atoms with Gasteiger partial charge in [-0.25, -0.2) is 4.39 Å². The van der Waals surface area contributed by atoms with Gasteiger partial charge in [0.15, 0.2) is 0 Å². The van der Waals surface area contributed by atoms with Gasteiger partial charge in [-0.2, -0.15) is 0 Å². The molecule has 0 aliphatic rings. The highest BCUT2D eigenvalue weighted by molar-refractivity contribution is 5.85. The number of fused-ring (bicyclic) bond motifs is 1. The van der Waals surface area contributed by atoms with Crippen molar-refractivity contribution in [2.75, 3.05) is 0 Å². The maximum Gasteiger partial charge on any atom is 0.149 e. The molecule has 0 aliphatic heterocycles. The van der Waals surface area contributed by atoms with Crippen LogP contribution in [-0.4, -0.2) is 4.98 Å². The molecule has 0 N–H and O–H groups in total. The van der Waals surface area contributed by atoms with E-state index >= 15 is 0 Å². The molecule has 2 aromatic rings. The van der Waals surface area contributed by atoms with Crippen LogP contribution in [0.1, 0.15) is 31.0 Å². The molecule has 1 heterocycles. The number of aryl methyl sites for hydroxylation is 1. The van der Waals surface area contributed by atoms with Crippen molar-refractivity contribution < 1.29 is 4.39 Å². The van der Waals surface area contributed by atoms with E-state index in [9.17, 15) is 4.39 Å². The summed E-state index contributed by atoms with van der Waals surface area (Å²) in [5.41, 5.74) is 2.04. The van der Waals surface area contributed by atoms with Gasteiger partial charge < -0.3 is 0 Å². The predicted molar refractivity (Wildman–Crippen MR) is 60.5 cm³/mol. The van der Waals surface area contributed by atoms with Gasteiger partial charge in [-0.3, -0.25) is 4.98 Å². The van der Waals surface area contributed by atoms with Gasteiger partial charge in [-0.15, -0.1) is 0 Å². The first kappa shape index (κ1) is 10.1. The highest BCUT2D eigenvalue weighted by Gasteiger charge is 2.06. The standard InChI is InChI=1S/C13H14FN/c1-8(2)10-4-5-11-9(3)15-7-13(14)12(11)6-10/h4-8H,1-3H3. The molecule has 0 atom stereocenters. The van der Waals surface area contributed by atoms with Crippen LogP contribution in [0.4, 0.5) is 4.39 Å². The quantitative estimate of drug-likeness (QED) is 0.686. The molecule has 1 aromatic carbocycles. The summed E-state index contributed by atoms with van der Waals surface area (Å²) in [6.45, 7) is 6.11. The van der Waals surface area contributed by atoms with Gasteiger partial charge in [-0.05, 0) is 24.5 Å². The second-order valence-corrected chi connectivity index (χ2v) is 4.15. The third-order valence-electron chi connectivity index (χ3n) is 2.73. The van der Waals surface area contributed by atoms with Gasteiger partial charge in [0.1, 0.15) is 5.82 Å². The van der Waals surface area contributed by atoms with Crippen LogP contribution in [0.25, 0.3) is 10.8 Å². The van der Waals surface area contributed by atoms with Gasteiger partial charge >= 0.3 is 0 Å². The molecule has 2 heteroatoms. The van der Waals surface area contributed by atoms with E-state index < -0.39 is 0 Å². The van der Waals surface area contributed by atoms with Gasteiger partial charge in [0, 0.05) is 16.5 Å². The minimum atomic E-state index is -0.238. The summed E-state index contributed by atoms with van der Waals surface area (Å²) in [7, 11) is 0. The Morgan fingerprint density at radius 3 is 2.60 bits per heavy atom. The molecule has 0 radical (unpaired) electrons. The first-order valence-electron chi connectivity index (χ1n) is 5.14. The van der Waals surface area contributed by atoms with E-state index in [0.717, 1.165) is 16.6 Å². The molecule has 0 aliphatic carbocycles. The topological polar surface area (TPSA) is 12.9 Å². The number of halogens is 1. The number of hydrogen-bond donors (Lipinski definition) is 0. The third-order valence-corrected chi connectivity index (χ3v) is 2.73. The molecule has 78 valence electrons. The average Bonchev–Trinajstić information content (AvgIpc) is 2.23. The van der Waals surface area contributed by atoms with Gasteiger partial charge in [0.25, 0.3) is 0 Å². The van der Waals surface area contributed by atoms with Crippen LogP contribution in [0.2, 0.25) is 0 Å². The van der Waals surface area contributed by atoms with Crippen LogP contribution in [0.15, 0.2) is 24.4 Å². The zero-order valence-corrected chi connectivity index (χ0v) is 9.21. The van der Waals surface area contributed by atoms with E-state index in [1.54, 1.807) is 0 Å². The molecular formula is C13H14FN. The average molecular weight is 203 g/mol. The molecule has 0 unspecified atom stereocenters. The summed E-state index contributed by atoms with van der Waals surface area (Å²) in [6, 6.07) is 5.92. The molecule has 15 heavy (non-hydrogen) atoms. The van der Waals surface area contributed by atoms with Crippen molar-refractivity contribution in [1.29, 1.82) is 0 Å². The molecule has 0 saturated heterocycles. The molecular weight excluding hydrogens is 189 g/mol. The molecule has 0 bridgehead atoms. The lowest BCUT2D eigenvalue weighted by Gasteiger charge is -2.08. The summed E-state index contributed by atoms with van der Waals surface area (Å²) in [4.78, 5) is 4.01. The summed E-state index contributed by atoms with van der Waals surface area (Å²) >= 11 is 0. The first-order chi connectivity index (χ1) is 7.09. The SMILES string of the molecule is Cc1ncc(F)c2cc(C(C)C)ccc12. The van der Waals surface area contributed by atoms with Crippen molar-refractivity contribution in [1.82, 2.24) is 4.98 Å². The van der Waals surface area contributed by atoms with Crippen LogP contribution < -0.4 is 0 Å². The van der Waals surface area contributed by atoms with E-state index in [1.807, 2.05) is 25.1 Å². The summed E-state index contributed by atoms with van der Waals surface area (Å²) in [6.07, 6.45) is 1.29.